The first-order valence-electron chi connectivity index (χ1n) is 8.18. The molecule has 2 N–H and O–H groups in total. The number of halogens is 1. The summed E-state index contributed by atoms with van der Waals surface area (Å²) in [5.41, 5.74) is 1.24. The molecule has 3 rings (SSSR count). The summed E-state index contributed by atoms with van der Waals surface area (Å²) in [7, 11) is 0. The number of para-hydroxylation sites is 2. The van der Waals surface area contributed by atoms with Crippen molar-refractivity contribution in [3.8, 4) is 11.4 Å². The quantitative estimate of drug-likeness (QED) is 0.490. The van der Waals surface area contributed by atoms with Gasteiger partial charge in [-0.3, -0.25) is 9.36 Å². The Hall–Kier alpha value is -2.93. The number of aromatic nitrogens is 2. The lowest BCUT2D eigenvalue weighted by Crippen LogP contribution is -2.27. The van der Waals surface area contributed by atoms with Crippen molar-refractivity contribution in [2.24, 2.45) is 0 Å². The highest BCUT2D eigenvalue weighted by Gasteiger charge is 2.13. The van der Waals surface area contributed by atoms with Gasteiger partial charge in [-0.15, -0.1) is 0 Å². The molecule has 0 aliphatic rings. The van der Waals surface area contributed by atoms with Crippen LogP contribution >= 0.6 is 12.2 Å². The van der Waals surface area contributed by atoms with Gasteiger partial charge in [0.25, 0.3) is 5.91 Å². The zero-order valence-corrected chi connectivity index (χ0v) is 14.8. The van der Waals surface area contributed by atoms with Gasteiger partial charge >= 0.3 is 0 Å². The molecular formula is C19H18FN3O2S. The van der Waals surface area contributed by atoms with Crippen LogP contribution in [0.25, 0.3) is 5.69 Å². The van der Waals surface area contributed by atoms with E-state index in [1.54, 1.807) is 29.0 Å². The van der Waals surface area contributed by atoms with E-state index < -0.39 is 5.82 Å². The molecule has 1 aromatic heterocycles. The van der Waals surface area contributed by atoms with Gasteiger partial charge in [-0.1, -0.05) is 30.3 Å². The molecule has 0 atom stereocenters. The summed E-state index contributed by atoms with van der Waals surface area (Å²) in [5, 5.41) is 2.82. The van der Waals surface area contributed by atoms with Crippen molar-refractivity contribution in [2.45, 2.75) is 6.42 Å². The Labute approximate surface area is 155 Å². The summed E-state index contributed by atoms with van der Waals surface area (Å²) >= 11 is 5.27. The molecule has 0 saturated heterocycles. The number of carbonyl (C=O) groups excluding carboxylic acids is 1. The molecule has 1 amide bonds. The van der Waals surface area contributed by atoms with E-state index >= 15 is 0 Å². The summed E-state index contributed by atoms with van der Waals surface area (Å²) in [5.74, 6) is -0.431. The number of nitrogens with one attached hydrogen (secondary N) is 2. The number of carbonyl (C=O) groups is 1. The summed E-state index contributed by atoms with van der Waals surface area (Å²) in [6.45, 7) is 0.708. The maximum atomic E-state index is 13.4. The summed E-state index contributed by atoms with van der Waals surface area (Å²) < 4.78 is 20.9. The predicted molar refractivity (Wildman–Crippen MR) is 99.8 cm³/mol. The highest BCUT2D eigenvalue weighted by Crippen LogP contribution is 2.15. The fourth-order valence-electron chi connectivity index (χ4n) is 2.48. The first-order chi connectivity index (χ1) is 12.7. The second kappa shape index (κ2) is 8.44. The molecule has 1 heterocycles. The third-order valence-corrected chi connectivity index (χ3v) is 4.02. The number of benzene rings is 2. The Morgan fingerprint density at radius 1 is 1.15 bits per heavy atom. The van der Waals surface area contributed by atoms with E-state index in [4.69, 9.17) is 17.0 Å². The van der Waals surface area contributed by atoms with Crippen molar-refractivity contribution in [1.29, 1.82) is 0 Å². The minimum atomic E-state index is -0.397. The molecule has 0 radical (unpaired) electrons. The smallest absolute Gasteiger partial charge is 0.269 e. The van der Waals surface area contributed by atoms with Crippen LogP contribution in [0.5, 0.6) is 5.75 Å². The van der Waals surface area contributed by atoms with Gasteiger partial charge in [0.2, 0.25) is 0 Å². The molecular weight excluding hydrogens is 353 g/mol. The summed E-state index contributed by atoms with van der Waals surface area (Å²) in [6.07, 6.45) is 2.14. The number of ether oxygens (including phenoxy) is 1. The maximum Gasteiger partial charge on any atom is 0.269 e. The van der Waals surface area contributed by atoms with Crippen LogP contribution < -0.4 is 10.1 Å². The molecule has 0 saturated carbocycles. The van der Waals surface area contributed by atoms with Crippen molar-refractivity contribution in [3.63, 3.8) is 0 Å². The van der Waals surface area contributed by atoms with Crippen molar-refractivity contribution >= 4 is 18.1 Å². The lowest BCUT2D eigenvalue weighted by atomic mass is 10.3. The largest absolute Gasteiger partial charge is 0.490 e. The van der Waals surface area contributed by atoms with E-state index in [0.717, 1.165) is 5.69 Å². The summed E-state index contributed by atoms with van der Waals surface area (Å²) in [4.78, 5) is 15.3. The number of H-pyrrole nitrogens is 1. The zero-order valence-electron chi connectivity index (χ0n) is 13.9. The van der Waals surface area contributed by atoms with E-state index in [9.17, 15) is 9.18 Å². The van der Waals surface area contributed by atoms with Crippen molar-refractivity contribution < 1.29 is 13.9 Å². The minimum Gasteiger partial charge on any atom is -0.490 e. The average Bonchev–Trinajstić information content (AvgIpc) is 3.05. The lowest BCUT2D eigenvalue weighted by Gasteiger charge is -2.10. The fourth-order valence-corrected chi connectivity index (χ4v) is 2.74. The number of hydrogen-bond acceptors (Lipinski definition) is 3. The molecule has 5 nitrogen and oxygen atoms in total. The molecule has 0 unspecified atom stereocenters. The molecule has 0 spiro atoms. The molecule has 0 bridgehead atoms. The van der Waals surface area contributed by atoms with Gasteiger partial charge in [-0.05, 0) is 42.9 Å². The van der Waals surface area contributed by atoms with E-state index in [1.165, 1.54) is 6.07 Å². The maximum absolute atomic E-state index is 13.4. The number of rotatable bonds is 7. The molecule has 7 heteroatoms. The van der Waals surface area contributed by atoms with Crippen LogP contribution in [0, 0.1) is 10.6 Å². The number of imidazole rings is 1. The van der Waals surface area contributed by atoms with Crippen LogP contribution in [0.15, 0.2) is 60.8 Å². The van der Waals surface area contributed by atoms with Gasteiger partial charge in [0.05, 0.1) is 6.61 Å². The molecule has 2 aromatic carbocycles. The molecule has 134 valence electrons. The molecule has 0 fully saturated rings. The molecule has 26 heavy (non-hydrogen) atoms. The Bertz CT molecular complexity index is 937. The monoisotopic (exact) mass is 371 g/mol. The van der Waals surface area contributed by atoms with Crippen LogP contribution in [0.2, 0.25) is 0 Å². The second-order valence-corrected chi connectivity index (χ2v) is 5.93. The van der Waals surface area contributed by atoms with E-state index in [1.807, 2.05) is 30.3 Å². The number of amides is 1. The van der Waals surface area contributed by atoms with Crippen LogP contribution in [-0.4, -0.2) is 28.6 Å². The van der Waals surface area contributed by atoms with Crippen molar-refractivity contribution in [2.75, 3.05) is 13.2 Å². The topological polar surface area (TPSA) is 59.0 Å². The Morgan fingerprint density at radius 3 is 2.65 bits per heavy atom. The van der Waals surface area contributed by atoms with E-state index in [-0.39, 0.29) is 11.7 Å². The molecule has 0 aliphatic carbocycles. The third-order valence-electron chi connectivity index (χ3n) is 3.72. The number of nitrogens with zero attached hydrogens (tertiary/aromatic N) is 1. The van der Waals surface area contributed by atoms with Crippen LogP contribution in [0.4, 0.5) is 4.39 Å². The fraction of sp³-hybridized carbons (Fsp3) is 0.158. The van der Waals surface area contributed by atoms with Crippen LogP contribution in [0.3, 0.4) is 0 Å². The lowest BCUT2D eigenvalue weighted by molar-refractivity contribution is 0.0944. The van der Waals surface area contributed by atoms with Gasteiger partial charge < -0.3 is 15.0 Å². The van der Waals surface area contributed by atoms with Crippen LogP contribution in [-0.2, 0) is 0 Å². The van der Waals surface area contributed by atoms with Crippen molar-refractivity contribution in [3.05, 3.63) is 77.1 Å². The van der Waals surface area contributed by atoms with Gasteiger partial charge in [-0.25, -0.2) is 4.39 Å². The first-order valence-corrected chi connectivity index (χ1v) is 8.59. The summed E-state index contributed by atoms with van der Waals surface area (Å²) in [6, 6.07) is 15.6. The molecule has 0 aliphatic heterocycles. The zero-order chi connectivity index (χ0) is 18.4. The Kier molecular flexibility index (Phi) is 5.80. The second-order valence-electron chi connectivity index (χ2n) is 5.54. The number of aromatic amines is 1. The SMILES string of the molecule is O=C(NCCCOc1ccccc1F)c1c[nH]c(=S)n1-c1ccccc1. The average molecular weight is 371 g/mol. The van der Waals surface area contributed by atoms with Gasteiger partial charge in [0.15, 0.2) is 16.3 Å². The standard InChI is InChI=1S/C19H18FN3O2S/c20-15-9-4-5-10-17(15)25-12-6-11-21-18(24)16-13-22-19(26)23(16)14-7-2-1-3-8-14/h1-5,7-10,13H,6,11-12H2,(H,21,24)(H,22,26). The predicted octanol–water partition coefficient (Wildman–Crippen LogP) is 3.87. The van der Waals surface area contributed by atoms with Gasteiger partial charge in [-0.2, -0.15) is 0 Å². The Balaban J connectivity index is 1.55. The number of hydrogen-bond donors (Lipinski definition) is 2. The van der Waals surface area contributed by atoms with Crippen LogP contribution in [0.1, 0.15) is 16.9 Å². The van der Waals surface area contributed by atoms with Crippen molar-refractivity contribution in [1.82, 2.24) is 14.9 Å². The highest BCUT2D eigenvalue weighted by molar-refractivity contribution is 7.71. The normalized spacial score (nSPS) is 10.5. The minimum absolute atomic E-state index is 0.210. The highest BCUT2D eigenvalue weighted by atomic mass is 32.1. The third kappa shape index (κ3) is 4.18. The van der Waals surface area contributed by atoms with Gasteiger partial charge in [0.1, 0.15) is 5.69 Å². The Morgan fingerprint density at radius 2 is 1.88 bits per heavy atom. The van der Waals surface area contributed by atoms with E-state index in [2.05, 4.69) is 10.3 Å². The molecule has 3 aromatic rings. The first kappa shape index (κ1) is 17.9. The van der Waals surface area contributed by atoms with E-state index in [0.29, 0.717) is 30.0 Å². The van der Waals surface area contributed by atoms with Gasteiger partial charge in [0, 0.05) is 18.4 Å².